The van der Waals surface area contributed by atoms with E-state index < -0.39 is 18.3 Å². The van der Waals surface area contributed by atoms with Gasteiger partial charge in [-0.05, 0) is 24.1 Å². The first kappa shape index (κ1) is 17.7. The van der Waals surface area contributed by atoms with Gasteiger partial charge < -0.3 is 26.0 Å². The van der Waals surface area contributed by atoms with Crippen LogP contribution in [0.1, 0.15) is 23.8 Å². The van der Waals surface area contributed by atoms with E-state index in [2.05, 4.69) is 10.3 Å². The molecule has 2 rings (SSSR count). The number of nitrogens with zero attached hydrogens (tertiary/aromatic N) is 1. The van der Waals surface area contributed by atoms with Crippen LogP contribution in [0, 0.1) is 0 Å². The number of nitrogen functional groups attached to an aromatic ring is 1. The van der Waals surface area contributed by atoms with Crippen LogP contribution in [0.15, 0.2) is 48.5 Å². The van der Waals surface area contributed by atoms with Crippen molar-refractivity contribution in [2.45, 2.75) is 25.2 Å². The van der Waals surface area contributed by atoms with Gasteiger partial charge >= 0.3 is 6.09 Å². The number of nitrogens with one attached hydrogen (secondary N) is 1. The number of aliphatic hydroxyl groups excluding tert-OH is 2. The highest BCUT2D eigenvalue weighted by Crippen LogP contribution is 2.17. The minimum Gasteiger partial charge on any atom is -0.445 e. The predicted molar refractivity (Wildman–Crippen MR) is 88.9 cm³/mol. The second-order valence-electron chi connectivity index (χ2n) is 5.28. The Kier molecular flexibility index (Phi) is 6.53. The topological polar surface area (TPSA) is 118 Å². The molecule has 1 amide bonds. The van der Waals surface area contributed by atoms with Gasteiger partial charge in [0.1, 0.15) is 18.5 Å². The van der Waals surface area contributed by atoms with Crippen LogP contribution >= 0.6 is 0 Å². The molecule has 0 bridgehead atoms. The first-order valence-corrected chi connectivity index (χ1v) is 7.59. The summed E-state index contributed by atoms with van der Waals surface area (Å²) < 4.78 is 5.05. The van der Waals surface area contributed by atoms with Gasteiger partial charge in [0.05, 0.1) is 11.8 Å². The SMILES string of the molecule is Nc1cccc(C(O)C(O)CCNC(=O)OCc2ccccc2)n1. The number of alkyl carbamates (subject to hydrolysis) is 1. The zero-order chi connectivity index (χ0) is 17.4. The Hall–Kier alpha value is -2.64. The van der Waals surface area contributed by atoms with Crippen LogP contribution in [-0.4, -0.2) is 33.9 Å². The van der Waals surface area contributed by atoms with E-state index >= 15 is 0 Å². The molecule has 0 saturated carbocycles. The van der Waals surface area contributed by atoms with Crippen molar-refractivity contribution >= 4 is 11.9 Å². The number of amides is 1. The standard InChI is InChI=1S/C17H21N3O4/c18-15-8-4-7-13(20-15)16(22)14(21)9-10-19-17(23)24-11-12-5-2-1-3-6-12/h1-8,14,16,21-22H,9-11H2,(H2,18,20)(H,19,23). The van der Waals surface area contributed by atoms with Crippen molar-refractivity contribution in [2.75, 3.05) is 12.3 Å². The predicted octanol–water partition coefficient (Wildman–Crippen LogP) is 1.37. The van der Waals surface area contributed by atoms with Gasteiger partial charge in [-0.15, -0.1) is 0 Å². The highest BCUT2D eigenvalue weighted by molar-refractivity contribution is 5.67. The third-order valence-electron chi connectivity index (χ3n) is 3.38. The van der Waals surface area contributed by atoms with Crippen LogP contribution < -0.4 is 11.1 Å². The van der Waals surface area contributed by atoms with Crippen molar-refractivity contribution in [3.05, 3.63) is 59.8 Å². The van der Waals surface area contributed by atoms with Crippen molar-refractivity contribution in [3.8, 4) is 0 Å². The lowest BCUT2D eigenvalue weighted by atomic mass is 10.1. The Morgan fingerprint density at radius 3 is 2.62 bits per heavy atom. The average Bonchev–Trinajstić information content (AvgIpc) is 2.60. The number of nitrogens with two attached hydrogens (primary N) is 1. The maximum atomic E-state index is 11.6. The average molecular weight is 331 g/mol. The lowest BCUT2D eigenvalue weighted by Crippen LogP contribution is -2.30. The fraction of sp³-hybridized carbons (Fsp3) is 0.294. The zero-order valence-corrected chi connectivity index (χ0v) is 13.1. The minimum atomic E-state index is -1.17. The fourth-order valence-corrected chi connectivity index (χ4v) is 2.08. The number of anilines is 1. The zero-order valence-electron chi connectivity index (χ0n) is 13.1. The number of benzene rings is 1. The molecule has 2 aromatic rings. The van der Waals surface area contributed by atoms with E-state index in [9.17, 15) is 15.0 Å². The van der Waals surface area contributed by atoms with Crippen molar-refractivity contribution < 1.29 is 19.7 Å². The smallest absolute Gasteiger partial charge is 0.407 e. The first-order chi connectivity index (χ1) is 11.6. The summed E-state index contributed by atoms with van der Waals surface area (Å²) >= 11 is 0. The van der Waals surface area contributed by atoms with Gasteiger partial charge in [0.25, 0.3) is 0 Å². The van der Waals surface area contributed by atoms with E-state index in [1.54, 1.807) is 18.2 Å². The molecule has 2 atom stereocenters. The van der Waals surface area contributed by atoms with Crippen molar-refractivity contribution in [3.63, 3.8) is 0 Å². The molecule has 1 aromatic carbocycles. The van der Waals surface area contributed by atoms with Crippen molar-refractivity contribution in [1.82, 2.24) is 10.3 Å². The minimum absolute atomic E-state index is 0.151. The van der Waals surface area contributed by atoms with Crippen LogP contribution in [0.5, 0.6) is 0 Å². The Morgan fingerprint density at radius 2 is 1.92 bits per heavy atom. The van der Waals surface area contributed by atoms with E-state index in [-0.39, 0.29) is 31.1 Å². The van der Waals surface area contributed by atoms with Gasteiger partial charge in [-0.1, -0.05) is 36.4 Å². The Morgan fingerprint density at radius 1 is 1.17 bits per heavy atom. The molecule has 0 radical (unpaired) electrons. The summed E-state index contributed by atoms with van der Waals surface area (Å²) in [6.07, 6.45) is -2.68. The summed E-state index contributed by atoms with van der Waals surface area (Å²) in [5, 5.41) is 22.5. The van der Waals surface area contributed by atoms with Gasteiger partial charge in [0.15, 0.2) is 0 Å². The van der Waals surface area contributed by atoms with Crippen LogP contribution in [0.3, 0.4) is 0 Å². The molecule has 7 nitrogen and oxygen atoms in total. The van der Waals surface area contributed by atoms with Crippen LogP contribution in [-0.2, 0) is 11.3 Å². The highest BCUT2D eigenvalue weighted by Gasteiger charge is 2.19. The van der Waals surface area contributed by atoms with Gasteiger partial charge in [-0.2, -0.15) is 0 Å². The van der Waals surface area contributed by atoms with Crippen LogP contribution in [0.25, 0.3) is 0 Å². The molecule has 0 aliphatic carbocycles. The third kappa shape index (κ3) is 5.53. The Bertz CT molecular complexity index is 651. The summed E-state index contributed by atoms with van der Waals surface area (Å²) in [5.41, 5.74) is 6.71. The van der Waals surface area contributed by atoms with E-state index in [0.717, 1.165) is 5.56 Å². The molecule has 0 spiro atoms. The quantitative estimate of drug-likeness (QED) is 0.609. The van der Waals surface area contributed by atoms with Gasteiger partial charge in [0, 0.05) is 6.54 Å². The highest BCUT2D eigenvalue weighted by atomic mass is 16.5. The van der Waals surface area contributed by atoms with Gasteiger partial charge in [-0.3, -0.25) is 0 Å². The lowest BCUT2D eigenvalue weighted by molar-refractivity contribution is 0.0112. The summed E-state index contributed by atoms with van der Waals surface area (Å²) in [4.78, 5) is 15.5. The molecule has 1 aromatic heterocycles. The summed E-state index contributed by atoms with van der Waals surface area (Å²) in [6.45, 7) is 0.333. The molecule has 2 unspecified atom stereocenters. The third-order valence-corrected chi connectivity index (χ3v) is 3.38. The number of rotatable bonds is 7. The maximum absolute atomic E-state index is 11.6. The van der Waals surface area contributed by atoms with Crippen molar-refractivity contribution in [1.29, 1.82) is 0 Å². The summed E-state index contributed by atoms with van der Waals surface area (Å²) in [5.74, 6) is 0.265. The van der Waals surface area contributed by atoms with E-state index in [4.69, 9.17) is 10.5 Å². The normalized spacial score (nSPS) is 13.1. The molecule has 128 valence electrons. The number of carbonyl (C=O) groups excluding carboxylic acids is 1. The number of ether oxygens (including phenoxy) is 1. The monoisotopic (exact) mass is 331 g/mol. The number of aliphatic hydroxyl groups is 2. The largest absolute Gasteiger partial charge is 0.445 e. The van der Waals surface area contributed by atoms with Crippen molar-refractivity contribution in [2.24, 2.45) is 0 Å². The number of hydrogen-bond acceptors (Lipinski definition) is 6. The second kappa shape index (κ2) is 8.85. The number of carbonyl (C=O) groups is 1. The molecule has 0 aliphatic rings. The Labute approximate surface area is 140 Å². The molecule has 0 fully saturated rings. The number of aromatic nitrogens is 1. The van der Waals surface area contributed by atoms with Crippen LogP contribution in [0.4, 0.5) is 10.6 Å². The van der Waals surface area contributed by atoms with E-state index in [1.807, 2.05) is 30.3 Å². The van der Waals surface area contributed by atoms with Gasteiger partial charge in [-0.25, -0.2) is 9.78 Å². The van der Waals surface area contributed by atoms with E-state index in [1.165, 1.54) is 0 Å². The molecule has 1 heterocycles. The second-order valence-corrected chi connectivity index (χ2v) is 5.28. The molecule has 0 aliphatic heterocycles. The summed E-state index contributed by atoms with van der Waals surface area (Å²) in [7, 11) is 0. The first-order valence-electron chi connectivity index (χ1n) is 7.59. The van der Waals surface area contributed by atoms with Gasteiger partial charge in [0.2, 0.25) is 0 Å². The molecular formula is C17H21N3O4. The summed E-state index contributed by atoms with van der Waals surface area (Å²) in [6, 6.07) is 14.1. The van der Waals surface area contributed by atoms with Crippen LogP contribution in [0.2, 0.25) is 0 Å². The van der Waals surface area contributed by atoms with E-state index in [0.29, 0.717) is 0 Å². The molecular weight excluding hydrogens is 310 g/mol. The number of pyridine rings is 1. The number of hydrogen-bond donors (Lipinski definition) is 4. The fourth-order valence-electron chi connectivity index (χ4n) is 2.08. The molecule has 24 heavy (non-hydrogen) atoms. The maximum Gasteiger partial charge on any atom is 0.407 e. The molecule has 7 heteroatoms. The molecule has 0 saturated heterocycles. The Balaban J connectivity index is 1.70. The molecule has 5 N–H and O–H groups in total. The lowest BCUT2D eigenvalue weighted by Gasteiger charge is -2.17.